The van der Waals surface area contributed by atoms with Crippen LogP contribution in [-0.2, 0) is 0 Å². The smallest absolute Gasteiger partial charge is 0.0542 e. The molecule has 0 amide bonds. The predicted octanol–water partition coefficient (Wildman–Crippen LogP) is 0.647. The molecule has 0 spiro atoms. The molecule has 0 radical (unpaired) electrons. The Labute approximate surface area is 67.1 Å². The van der Waals surface area contributed by atoms with Crippen LogP contribution in [0, 0.1) is 0 Å². The molecule has 1 heterocycles. The van der Waals surface area contributed by atoms with Crippen molar-refractivity contribution in [2.75, 3.05) is 19.3 Å². The largest absolute Gasteiger partial charge is 0.313 e. The topological polar surface area (TPSA) is 24.1 Å². The highest BCUT2D eigenvalue weighted by Crippen LogP contribution is 2.08. The highest BCUT2D eigenvalue weighted by Gasteiger charge is 2.12. The van der Waals surface area contributed by atoms with E-state index in [-0.39, 0.29) is 0 Å². The van der Waals surface area contributed by atoms with Gasteiger partial charge in [-0.15, -0.1) is 11.8 Å². The van der Waals surface area contributed by atoms with Gasteiger partial charge >= 0.3 is 0 Å². The zero-order valence-electron chi connectivity index (χ0n) is 6.68. The lowest BCUT2D eigenvalue weighted by atomic mass is 10.3. The first-order valence-corrected chi connectivity index (χ1v) is 5.11. The summed E-state index contributed by atoms with van der Waals surface area (Å²) >= 11 is 1.91. The number of hydrogen-bond donors (Lipinski definition) is 2. The molecule has 10 heavy (non-hydrogen) atoms. The van der Waals surface area contributed by atoms with Crippen LogP contribution >= 0.6 is 11.8 Å². The maximum Gasteiger partial charge on any atom is 0.0542 e. The van der Waals surface area contributed by atoms with Gasteiger partial charge in [-0.05, 0) is 26.1 Å². The fraction of sp³-hybridized carbons (Fsp3) is 1.00. The Morgan fingerprint density at radius 1 is 1.40 bits per heavy atom. The minimum Gasteiger partial charge on any atom is -0.313 e. The molecule has 3 heteroatoms. The Morgan fingerprint density at radius 3 is 2.90 bits per heavy atom. The fourth-order valence-corrected chi connectivity index (χ4v) is 1.76. The van der Waals surface area contributed by atoms with Crippen molar-refractivity contribution in [1.82, 2.24) is 10.6 Å². The highest BCUT2D eigenvalue weighted by atomic mass is 32.2. The van der Waals surface area contributed by atoms with E-state index in [1.165, 1.54) is 6.42 Å². The van der Waals surface area contributed by atoms with Gasteiger partial charge in [-0.25, -0.2) is 0 Å². The van der Waals surface area contributed by atoms with E-state index in [1.807, 2.05) is 11.8 Å². The molecule has 2 atom stereocenters. The summed E-state index contributed by atoms with van der Waals surface area (Å²) in [6, 6.07) is 0.636. The summed E-state index contributed by atoms with van der Waals surface area (Å²) in [6.45, 7) is 4.47. The average molecular weight is 160 g/mol. The van der Waals surface area contributed by atoms with Gasteiger partial charge < -0.3 is 10.6 Å². The lowest BCUT2D eigenvalue weighted by Gasteiger charge is -2.11. The minimum absolute atomic E-state index is 0.636. The molecule has 0 aliphatic carbocycles. The molecule has 1 rings (SSSR count). The zero-order chi connectivity index (χ0) is 7.40. The average Bonchev–Trinajstić information content (AvgIpc) is 2.14. The van der Waals surface area contributed by atoms with Crippen molar-refractivity contribution in [3.05, 3.63) is 0 Å². The third-order valence-electron chi connectivity index (χ3n) is 1.84. The van der Waals surface area contributed by atoms with Crippen LogP contribution in [0.15, 0.2) is 0 Å². The van der Waals surface area contributed by atoms with Crippen molar-refractivity contribution in [3.8, 4) is 0 Å². The van der Waals surface area contributed by atoms with Crippen molar-refractivity contribution in [2.45, 2.75) is 24.8 Å². The zero-order valence-corrected chi connectivity index (χ0v) is 7.50. The van der Waals surface area contributed by atoms with Crippen LogP contribution in [0.1, 0.15) is 13.3 Å². The van der Waals surface area contributed by atoms with Gasteiger partial charge in [0.25, 0.3) is 0 Å². The Morgan fingerprint density at radius 2 is 2.20 bits per heavy atom. The molecule has 1 fully saturated rings. The second-order valence-corrected chi connectivity index (χ2v) is 3.82. The molecular weight excluding hydrogens is 144 g/mol. The van der Waals surface area contributed by atoms with Crippen LogP contribution in [-0.4, -0.2) is 30.8 Å². The van der Waals surface area contributed by atoms with E-state index in [0.29, 0.717) is 11.4 Å². The summed E-state index contributed by atoms with van der Waals surface area (Å²) in [4.78, 5) is 0. The summed E-state index contributed by atoms with van der Waals surface area (Å²) in [5.74, 6) is 0. The van der Waals surface area contributed by atoms with E-state index in [2.05, 4.69) is 23.8 Å². The maximum atomic E-state index is 3.48. The van der Waals surface area contributed by atoms with E-state index in [0.717, 1.165) is 13.1 Å². The second-order valence-electron chi connectivity index (χ2n) is 2.78. The van der Waals surface area contributed by atoms with Gasteiger partial charge in [0.05, 0.1) is 5.37 Å². The van der Waals surface area contributed by atoms with E-state index in [1.54, 1.807) is 0 Å². The molecule has 0 saturated carbocycles. The summed E-state index contributed by atoms with van der Waals surface area (Å²) in [5.41, 5.74) is 0. The third kappa shape index (κ3) is 2.48. The fourth-order valence-electron chi connectivity index (χ4n) is 1.14. The molecule has 1 aliphatic rings. The van der Waals surface area contributed by atoms with Crippen LogP contribution < -0.4 is 10.6 Å². The molecule has 60 valence electrons. The number of hydrogen-bond acceptors (Lipinski definition) is 3. The molecule has 0 aromatic rings. The van der Waals surface area contributed by atoms with Crippen LogP contribution in [0.5, 0.6) is 0 Å². The maximum absolute atomic E-state index is 3.48. The van der Waals surface area contributed by atoms with Gasteiger partial charge in [0.2, 0.25) is 0 Å². The van der Waals surface area contributed by atoms with Gasteiger partial charge in [0, 0.05) is 12.6 Å². The Hall–Kier alpha value is 0.270. The van der Waals surface area contributed by atoms with E-state index >= 15 is 0 Å². The quantitative estimate of drug-likeness (QED) is 0.589. The van der Waals surface area contributed by atoms with E-state index in [9.17, 15) is 0 Å². The van der Waals surface area contributed by atoms with Gasteiger partial charge in [0.15, 0.2) is 0 Å². The Balaban J connectivity index is 2.26. The lowest BCUT2D eigenvalue weighted by Crippen LogP contribution is -2.33. The van der Waals surface area contributed by atoms with Gasteiger partial charge in [-0.2, -0.15) is 0 Å². The summed E-state index contributed by atoms with van der Waals surface area (Å²) in [7, 11) is 0. The number of rotatable bonds is 1. The third-order valence-corrected chi connectivity index (χ3v) is 2.81. The molecule has 1 aliphatic heterocycles. The van der Waals surface area contributed by atoms with Crippen molar-refractivity contribution in [3.63, 3.8) is 0 Å². The molecule has 1 saturated heterocycles. The van der Waals surface area contributed by atoms with Crippen LogP contribution in [0.4, 0.5) is 0 Å². The molecule has 2 nitrogen and oxygen atoms in total. The first kappa shape index (κ1) is 8.37. The molecule has 2 N–H and O–H groups in total. The first-order chi connectivity index (χ1) is 4.83. The lowest BCUT2D eigenvalue weighted by molar-refractivity contribution is 0.566. The number of thioether (sulfide) groups is 1. The summed E-state index contributed by atoms with van der Waals surface area (Å²) < 4.78 is 0. The summed E-state index contributed by atoms with van der Waals surface area (Å²) in [6.07, 6.45) is 3.40. The van der Waals surface area contributed by atoms with Crippen LogP contribution in [0.25, 0.3) is 0 Å². The van der Waals surface area contributed by atoms with Crippen molar-refractivity contribution < 1.29 is 0 Å². The molecular formula is C7H16N2S. The van der Waals surface area contributed by atoms with Gasteiger partial charge in [-0.1, -0.05) is 0 Å². The monoisotopic (exact) mass is 160 g/mol. The van der Waals surface area contributed by atoms with Gasteiger partial charge in [-0.3, -0.25) is 0 Å². The Kier molecular flexibility index (Phi) is 3.52. The normalized spacial score (nSPS) is 35.4. The van der Waals surface area contributed by atoms with E-state index < -0.39 is 0 Å². The van der Waals surface area contributed by atoms with E-state index in [4.69, 9.17) is 0 Å². The first-order valence-electron chi connectivity index (χ1n) is 3.82. The standard InChI is InChI=1S/C7H16N2S/c1-6-5-9-7(10-2)3-4-8-6/h6-9H,3-5H2,1-2H3/t6-,7-/m0/s1. The summed E-state index contributed by atoms with van der Waals surface area (Å²) in [5, 5.41) is 7.58. The minimum atomic E-state index is 0.636. The van der Waals surface area contributed by atoms with Crippen molar-refractivity contribution in [1.29, 1.82) is 0 Å². The van der Waals surface area contributed by atoms with Crippen molar-refractivity contribution >= 4 is 11.8 Å². The van der Waals surface area contributed by atoms with Crippen molar-refractivity contribution in [2.24, 2.45) is 0 Å². The van der Waals surface area contributed by atoms with Crippen LogP contribution in [0.2, 0.25) is 0 Å². The molecule has 0 aromatic heterocycles. The van der Waals surface area contributed by atoms with Gasteiger partial charge in [0.1, 0.15) is 0 Å². The molecule has 0 bridgehead atoms. The SMILES string of the molecule is CS[C@H]1CCN[C@@H](C)CN1. The number of nitrogens with one attached hydrogen (secondary N) is 2. The van der Waals surface area contributed by atoms with Crippen LogP contribution in [0.3, 0.4) is 0 Å². The molecule has 0 aromatic carbocycles. The second kappa shape index (κ2) is 4.21. The predicted molar refractivity (Wildman–Crippen MR) is 47.4 cm³/mol. The Bertz CT molecular complexity index is 97.6. The molecule has 0 unspecified atom stereocenters. The highest BCUT2D eigenvalue weighted by molar-refractivity contribution is 7.99.